The molecule has 1 unspecified atom stereocenters. The standard InChI is InChI=1S/C17H31NOS/c1-5-8-9-10-11-12-13-16(4)19-17(20)18(14-6-2)15-7-3/h6-7,16H,2-3,5,8-15H2,1,4H3. The minimum atomic E-state index is 0.186. The van der Waals surface area contributed by atoms with Crippen molar-refractivity contribution in [3.8, 4) is 0 Å². The number of ether oxygens (including phenoxy) is 1. The van der Waals surface area contributed by atoms with E-state index in [0.29, 0.717) is 18.3 Å². The van der Waals surface area contributed by atoms with Gasteiger partial charge in [-0.15, -0.1) is 13.2 Å². The van der Waals surface area contributed by atoms with E-state index in [1.807, 2.05) is 17.1 Å². The van der Waals surface area contributed by atoms with Gasteiger partial charge in [-0.1, -0.05) is 51.2 Å². The summed E-state index contributed by atoms with van der Waals surface area (Å²) in [5.41, 5.74) is 0. The molecule has 0 N–H and O–H groups in total. The maximum absolute atomic E-state index is 5.81. The van der Waals surface area contributed by atoms with E-state index in [9.17, 15) is 0 Å². The van der Waals surface area contributed by atoms with Crippen LogP contribution in [0.3, 0.4) is 0 Å². The van der Waals surface area contributed by atoms with Crippen LogP contribution in [0.1, 0.15) is 58.8 Å². The molecule has 0 saturated heterocycles. The third-order valence-corrected chi connectivity index (χ3v) is 3.58. The van der Waals surface area contributed by atoms with Gasteiger partial charge in [-0.3, -0.25) is 0 Å². The second-order valence-electron chi connectivity index (χ2n) is 5.23. The summed E-state index contributed by atoms with van der Waals surface area (Å²) in [6, 6.07) is 0. The van der Waals surface area contributed by atoms with Crippen molar-refractivity contribution in [3.05, 3.63) is 25.3 Å². The monoisotopic (exact) mass is 297 g/mol. The first-order chi connectivity index (χ1) is 9.65. The summed E-state index contributed by atoms with van der Waals surface area (Å²) in [6.45, 7) is 13.2. The van der Waals surface area contributed by atoms with Gasteiger partial charge in [0.1, 0.15) is 0 Å². The molecule has 2 nitrogen and oxygen atoms in total. The molecule has 0 heterocycles. The van der Waals surface area contributed by atoms with Gasteiger partial charge in [-0.25, -0.2) is 0 Å². The first-order valence-electron chi connectivity index (χ1n) is 7.83. The van der Waals surface area contributed by atoms with Crippen molar-refractivity contribution in [3.63, 3.8) is 0 Å². The van der Waals surface area contributed by atoms with Crippen molar-refractivity contribution in [2.45, 2.75) is 64.9 Å². The Bertz CT molecular complexity index is 268. The average Bonchev–Trinajstić information content (AvgIpc) is 2.42. The number of nitrogens with zero attached hydrogens (tertiary/aromatic N) is 1. The zero-order chi connectivity index (χ0) is 15.2. The molecule has 0 aromatic carbocycles. The van der Waals surface area contributed by atoms with Gasteiger partial charge >= 0.3 is 0 Å². The molecule has 0 bridgehead atoms. The lowest BCUT2D eigenvalue weighted by molar-refractivity contribution is 0.166. The quantitative estimate of drug-likeness (QED) is 0.282. The van der Waals surface area contributed by atoms with Gasteiger partial charge in [0.2, 0.25) is 0 Å². The molecule has 0 aliphatic heterocycles. The number of hydrogen-bond acceptors (Lipinski definition) is 2. The van der Waals surface area contributed by atoms with Gasteiger partial charge in [0.05, 0.1) is 6.10 Å². The second kappa shape index (κ2) is 13.2. The van der Waals surface area contributed by atoms with Gasteiger partial charge in [-0.05, 0) is 32.0 Å². The Morgan fingerprint density at radius 2 is 1.65 bits per heavy atom. The highest BCUT2D eigenvalue weighted by molar-refractivity contribution is 7.80. The molecule has 20 heavy (non-hydrogen) atoms. The van der Waals surface area contributed by atoms with Crippen molar-refractivity contribution in [2.75, 3.05) is 13.1 Å². The number of thiocarbonyl (C=S) groups is 1. The summed E-state index contributed by atoms with van der Waals surface area (Å²) in [7, 11) is 0. The van der Waals surface area contributed by atoms with E-state index >= 15 is 0 Å². The molecule has 0 spiro atoms. The van der Waals surface area contributed by atoms with E-state index in [-0.39, 0.29) is 6.10 Å². The Morgan fingerprint density at radius 3 is 2.20 bits per heavy atom. The minimum Gasteiger partial charge on any atom is -0.468 e. The van der Waals surface area contributed by atoms with Gasteiger partial charge in [-0.2, -0.15) is 0 Å². The summed E-state index contributed by atoms with van der Waals surface area (Å²) in [5.74, 6) is 0. The van der Waals surface area contributed by atoms with Crippen LogP contribution in [0.4, 0.5) is 0 Å². The molecule has 0 amide bonds. The van der Waals surface area contributed by atoms with E-state index in [1.54, 1.807) is 0 Å². The van der Waals surface area contributed by atoms with Crippen LogP contribution in [-0.4, -0.2) is 29.3 Å². The Balaban J connectivity index is 3.81. The molecule has 0 fully saturated rings. The van der Waals surface area contributed by atoms with E-state index < -0.39 is 0 Å². The highest BCUT2D eigenvalue weighted by Gasteiger charge is 2.11. The Kier molecular flexibility index (Phi) is 12.6. The van der Waals surface area contributed by atoms with Gasteiger partial charge in [0.15, 0.2) is 0 Å². The second-order valence-corrected chi connectivity index (χ2v) is 5.58. The first-order valence-corrected chi connectivity index (χ1v) is 8.23. The van der Waals surface area contributed by atoms with Crippen molar-refractivity contribution >= 4 is 17.4 Å². The van der Waals surface area contributed by atoms with E-state index in [1.165, 1.54) is 38.5 Å². The fraction of sp³-hybridized carbons (Fsp3) is 0.706. The SMILES string of the molecule is C=CCN(CC=C)C(=S)OC(C)CCCCCCCC. The summed E-state index contributed by atoms with van der Waals surface area (Å²) in [4.78, 5) is 1.97. The smallest absolute Gasteiger partial charge is 0.260 e. The molecule has 3 heteroatoms. The van der Waals surface area contributed by atoms with Crippen LogP contribution in [0.25, 0.3) is 0 Å². The summed E-state index contributed by atoms with van der Waals surface area (Å²) >= 11 is 5.33. The fourth-order valence-corrected chi connectivity index (χ4v) is 2.37. The third-order valence-electron chi connectivity index (χ3n) is 3.22. The lowest BCUT2D eigenvalue weighted by Gasteiger charge is -2.24. The lowest BCUT2D eigenvalue weighted by atomic mass is 10.1. The maximum atomic E-state index is 5.81. The molecule has 0 aliphatic carbocycles. The molecular weight excluding hydrogens is 266 g/mol. The van der Waals surface area contributed by atoms with Crippen LogP contribution in [0.15, 0.2) is 25.3 Å². The fourth-order valence-electron chi connectivity index (χ4n) is 2.05. The third kappa shape index (κ3) is 10.0. The number of rotatable bonds is 12. The highest BCUT2D eigenvalue weighted by Crippen LogP contribution is 2.11. The normalized spacial score (nSPS) is 11.7. The van der Waals surface area contributed by atoms with Gasteiger partial charge in [0, 0.05) is 13.1 Å². The van der Waals surface area contributed by atoms with E-state index in [4.69, 9.17) is 17.0 Å². The Labute approximate surface area is 130 Å². The maximum Gasteiger partial charge on any atom is 0.260 e. The van der Waals surface area contributed by atoms with Crippen LogP contribution >= 0.6 is 12.2 Å². The zero-order valence-electron chi connectivity index (χ0n) is 13.3. The van der Waals surface area contributed by atoms with Gasteiger partial charge < -0.3 is 9.64 Å². The van der Waals surface area contributed by atoms with Gasteiger partial charge in [0.25, 0.3) is 5.17 Å². The van der Waals surface area contributed by atoms with Crippen LogP contribution in [0.2, 0.25) is 0 Å². The first kappa shape index (κ1) is 19.2. The van der Waals surface area contributed by atoms with Crippen molar-refractivity contribution < 1.29 is 4.74 Å². The Hall–Kier alpha value is -0.830. The van der Waals surface area contributed by atoms with E-state index in [0.717, 1.165) is 6.42 Å². The predicted molar refractivity (Wildman–Crippen MR) is 93.1 cm³/mol. The lowest BCUT2D eigenvalue weighted by Crippen LogP contribution is -2.33. The van der Waals surface area contributed by atoms with Crippen LogP contribution in [0, 0.1) is 0 Å². The molecule has 116 valence electrons. The van der Waals surface area contributed by atoms with E-state index in [2.05, 4.69) is 27.0 Å². The molecule has 0 saturated carbocycles. The van der Waals surface area contributed by atoms with Crippen molar-refractivity contribution in [1.82, 2.24) is 4.90 Å². The Morgan fingerprint density at radius 1 is 1.10 bits per heavy atom. The summed E-state index contributed by atoms with van der Waals surface area (Å²) < 4.78 is 5.81. The highest BCUT2D eigenvalue weighted by atomic mass is 32.1. The largest absolute Gasteiger partial charge is 0.468 e. The summed E-state index contributed by atoms with van der Waals surface area (Å²) in [6.07, 6.45) is 12.8. The van der Waals surface area contributed by atoms with Crippen LogP contribution in [-0.2, 0) is 4.74 Å². The summed E-state index contributed by atoms with van der Waals surface area (Å²) in [5, 5.41) is 0.559. The molecular formula is C17H31NOS. The predicted octanol–water partition coefficient (Wildman–Crippen LogP) is 5.10. The van der Waals surface area contributed by atoms with Crippen molar-refractivity contribution in [2.24, 2.45) is 0 Å². The number of unbranched alkanes of at least 4 members (excludes halogenated alkanes) is 5. The minimum absolute atomic E-state index is 0.186. The molecule has 1 atom stereocenters. The molecule has 0 rings (SSSR count). The molecule has 0 aromatic heterocycles. The zero-order valence-corrected chi connectivity index (χ0v) is 14.1. The molecule has 0 radical (unpaired) electrons. The number of hydrogen-bond donors (Lipinski definition) is 0. The molecule has 0 aromatic rings. The van der Waals surface area contributed by atoms with Crippen LogP contribution in [0.5, 0.6) is 0 Å². The molecule has 0 aliphatic rings. The average molecular weight is 298 g/mol. The van der Waals surface area contributed by atoms with Crippen molar-refractivity contribution in [1.29, 1.82) is 0 Å². The topological polar surface area (TPSA) is 12.5 Å². The van der Waals surface area contributed by atoms with Crippen LogP contribution < -0.4 is 0 Å².